The summed E-state index contributed by atoms with van der Waals surface area (Å²) in [5, 5.41) is 0. The summed E-state index contributed by atoms with van der Waals surface area (Å²) in [4.78, 5) is 2.38. The van der Waals surface area contributed by atoms with Crippen molar-refractivity contribution in [3.8, 4) is 0 Å². The lowest BCUT2D eigenvalue weighted by Gasteiger charge is -2.53. The van der Waals surface area contributed by atoms with Gasteiger partial charge in [0.15, 0.2) is 0 Å². The summed E-state index contributed by atoms with van der Waals surface area (Å²) in [6.45, 7) is 4.26. The van der Waals surface area contributed by atoms with E-state index in [1.165, 1.54) is 5.56 Å². The van der Waals surface area contributed by atoms with E-state index in [0.717, 1.165) is 39.3 Å². The van der Waals surface area contributed by atoms with Crippen molar-refractivity contribution in [1.29, 1.82) is 0 Å². The summed E-state index contributed by atoms with van der Waals surface area (Å²) in [5.41, 5.74) is 1.23. The normalized spacial score (nSPS) is 30.2. The molecule has 2 aliphatic rings. The maximum Gasteiger partial charge on any atom is 0.146 e. The third-order valence-corrected chi connectivity index (χ3v) is 3.49. The van der Waals surface area contributed by atoms with E-state index in [-0.39, 0.29) is 5.72 Å². The van der Waals surface area contributed by atoms with Crippen LogP contribution in [0, 0.1) is 0 Å². The van der Waals surface area contributed by atoms with Crippen molar-refractivity contribution in [3.63, 3.8) is 0 Å². The molecule has 0 bridgehead atoms. The van der Waals surface area contributed by atoms with Gasteiger partial charge in [-0.25, -0.2) is 0 Å². The second-order valence-electron chi connectivity index (χ2n) is 4.50. The Morgan fingerprint density at radius 1 is 1.19 bits per heavy atom. The quantitative estimate of drug-likeness (QED) is 0.754. The molecule has 2 saturated heterocycles. The molecule has 3 rings (SSSR count). The molecule has 1 spiro atoms. The maximum absolute atomic E-state index is 5.89. The number of likely N-dealkylation sites (tertiary alicyclic amines) is 1. The molecule has 86 valence electrons. The minimum Gasteiger partial charge on any atom is -0.375 e. The van der Waals surface area contributed by atoms with Crippen LogP contribution in [0.2, 0.25) is 0 Å². The van der Waals surface area contributed by atoms with Crippen LogP contribution in [0.4, 0.5) is 0 Å². The van der Waals surface area contributed by atoms with Gasteiger partial charge < -0.3 is 9.47 Å². The van der Waals surface area contributed by atoms with Crippen molar-refractivity contribution in [1.82, 2.24) is 4.90 Å². The standard InChI is InChI=1S/C13H17NO2/c1-2-4-12(5-3-1)10-14-7-6-13(14)11-15-8-9-16-13/h1-5H,6-11H2. The number of benzene rings is 1. The average Bonchev–Trinajstić information content (AvgIpc) is 2.37. The number of nitrogens with zero attached hydrogens (tertiary/aromatic N) is 1. The summed E-state index contributed by atoms with van der Waals surface area (Å²) in [5.74, 6) is 0. The predicted octanol–water partition coefficient (Wildman–Crippen LogP) is 1.64. The van der Waals surface area contributed by atoms with Crippen LogP contribution in [0.25, 0.3) is 0 Å². The van der Waals surface area contributed by atoms with Gasteiger partial charge in [-0.1, -0.05) is 30.3 Å². The van der Waals surface area contributed by atoms with Crippen molar-refractivity contribution in [2.45, 2.75) is 18.7 Å². The van der Waals surface area contributed by atoms with Gasteiger partial charge in [-0.05, 0) is 5.56 Å². The smallest absolute Gasteiger partial charge is 0.146 e. The highest BCUT2D eigenvalue weighted by molar-refractivity contribution is 5.15. The molecule has 2 aliphatic heterocycles. The summed E-state index contributed by atoms with van der Waals surface area (Å²) in [6, 6.07) is 10.5. The minimum absolute atomic E-state index is 0.117. The largest absolute Gasteiger partial charge is 0.375 e. The van der Waals surface area contributed by atoms with Crippen LogP contribution < -0.4 is 0 Å². The topological polar surface area (TPSA) is 21.7 Å². The van der Waals surface area contributed by atoms with Crippen molar-refractivity contribution < 1.29 is 9.47 Å². The molecule has 16 heavy (non-hydrogen) atoms. The van der Waals surface area contributed by atoms with Crippen molar-refractivity contribution in [2.75, 3.05) is 26.4 Å². The van der Waals surface area contributed by atoms with Gasteiger partial charge in [-0.15, -0.1) is 0 Å². The molecule has 0 aromatic heterocycles. The SMILES string of the molecule is c1ccc(CN2CCC23COCCO3)cc1. The molecule has 0 radical (unpaired) electrons. The van der Waals surface area contributed by atoms with Crippen LogP contribution in [0.1, 0.15) is 12.0 Å². The zero-order valence-corrected chi connectivity index (χ0v) is 9.39. The van der Waals surface area contributed by atoms with E-state index in [4.69, 9.17) is 9.47 Å². The van der Waals surface area contributed by atoms with E-state index in [9.17, 15) is 0 Å². The van der Waals surface area contributed by atoms with E-state index >= 15 is 0 Å². The van der Waals surface area contributed by atoms with Crippen LogP contribution in [-0.4, -0.2) is 37.0 Å². The number of ether oxygens (including phenoxy) is 2. The molecule has 1 aromatic rings. The first-order valence-electron chi connectivity index (χ1n) is 5.90. The van der Waals surface area contributed by atoms with Gasteiger partial charge in [0.2, 0.25) is 0 Å². The Morgan fingerprint density at radius 2 is 2.06 bits per heavy atom. The van der Waals surface area contributed by atoms with Gasteiger partial charge in [-0.3, -0.25) is 4.90 Å². The molecule has 1 atom stereocenters. The number of hydrogen-bond donors (Lipinski definition) is 0. The van der Waals surface area contributed by atoms with Gasteiger partial charge in [0, 0.05) is 19.5 Å². The Hall–Kier alpha value is -0.900. The fourth-order valence-electron chi connectivity index (χ4n) is 2.44. The van der Waals surface area contributed by atoms with E-state index in [0.29, 0.717) is 0 Å². The number of hydrogen-bond acceptors (Lipinski definition) is 3. The van der Waals surface area contributed by atoms with Crippen LogP contribution >= 0.6 is 0 Å². The Balaban J connectivity index is 1.67. The Kier molecular flexibility index (Phi) is 2.67. The van der Waals surface area contributed by atoms with Gasteiger partial charge in [-0.2, -0.15) is 0 Å². The highest BCUT2D eigenvalue weighted by Crippen LogP contribution is 2.35. The zero-order valence-electron chi connectivity index (χ0n) is 9.39. The average molecular weight is 219 g/mol. The molecule has 2 heterocycles. The first-order valence-corrected chi connectivity index (χ1v) is 5.90. The fraction of sp³-hybridized carbons (Fsp3) is 0.538. The first kappa shape index (κ1) is 10.3. The summed E-state index contributed by atoms with van der Waals surface area (Å²) in [6.07, 6.45) is 1.10. The third kappa shape index (κ3) is 1.75. The van der Waals surface area contributed by atoms with E-state index in [1.54, 1.807) is 0 Å². The molecule has 0 aliphatic carbocycles. The fourth-order valence-corrected chi connectivity index (χ4v) is 2.44. The van der Waals surface area contributed by atoms with Gasteiger partial charge in [0.05, 0.1) is 19.8 Å². The molecular weight excluding hydrogens is 202 g/mol. The monoisotopic (exact) mass is 219 g/mol. The molecule has 3 nitrogen and oxygen atoms in total. The second-order valence-corrected chi connectivity index (χ2v) is 4.50. The Bertz CT molecular complexity index is 346. The van der Waals surface area contributed by atoms with Crippen LogP contribution in [0.5, 0.6) is 0 Å². The molecule has 1 unspecified atom stereocenters. The molecule has 1 aromatic carbocycles. The maximum atomic E-state index is 5.89. The molecule has 2 fully saturated rings. The van der Waals surface area contributed by atoms with Gasteiger partial charge in [0.25, 0.3) is 0 Å². The lowest BCUT2D eigenvalue weighted by molar-refractivity contribution is -0.280. The molecule has 3 heteroatoms. The molecule has 0 N–H and O–H groups in total. The van der Waals surface area contributed by atoms with Gasteiger partial charge in [0.1, 0.15) is 5.72 Å². The first-order chi connectivity index (χ1) is 7.89. The summed E-state index contributed by atoms with van der Waals surface area (Å²) in [7, 11) is 0. The van der Waals surface area contributed by atoms with Crippen molar-refractivity contribution in [2.24, 2.45) is 0 Å². The molecule has 0 amide bonds. The Labute approximate surface area is 96.0 Å². The van der Waals surface area contributed by atoms with Gasteiger partial charge >= 0.3 is 0 Å². The van der Waals surface area contributed by atoms with E-state index in [2.05, 4.69) is 35.2 Å². The summed E-state index contributed by atoms with van der Waals surface area (Å²) < 4.78 is 11.4. The van der Waals surface area contributed by atoms with Crippen LogP contribution in [0.15, 0.2) is 30.3 Å². The Morgan fingerprint density at radius 3 is 2.69 bits per heavy atom. The molecular formula is C13H17NO2. The lowest BCUT2D eigenvalue weighted by Crippen LogP contribution is -2.65. The lowest BCUT2D eigenvalue weighted by atomic mass is 9.97. The highest BCUT2D eigenvalue weighted by atomic mass is 16.6. The summed E-state index contributed by atoms with van der Waals surface area (Å²) >= 11 is 0. The van der Waals surface area contributed by atoms with Crippen molar-refractivity contribution >= 4 is 0 Å². The van der Waals surface area contributed by atoms with E-state index < -0.39 is 0 Å². The second kappa shape index (κ2) is 4.17. The number of rotatable bonds is 2. The third-order valence-electron chi connectivity index (χ3n) is 3.49. The zero-order chi connectivity index (χ0) is 10.8. The van der Waals surface area contributed by atoms with E-state index in [1.807, 2.05) is 0 Å². The predicted molar refractivity (Wildman–Crippen MR) is 61.0 cm³/mol. The minimum atomic E-state index is -0.117. The van der Waals surface area contributed by atoms with Crippen LogP contribution in [-0.2, 0) is 16.0 Å². The highest BCUT2D eigenvalue weighted by Gasteiger charge is 2.47. The molecule has 0 saturated carbocycles. The van der Waals surface area contributed by atoms with Crippen molar-refractivity contribution in [3.05, 3.63) is 35.9 Å². The van der Waals surface area contributed by atoms with Crippen LogP contribution in [0.3, 0.4) is 0 Å².